The number of fused-ring (bicyclic) bond motifs is 1. The van der Waals surface area contributed by atoms with Gasteiger partial charge in [0.1, 0.15) is 21.3 Å². The number of aryl methyl sites for hydroxylation is 1. The van der Waals surface area contributed by atoms with Gasteiger partial charge < -0.3 is 9.72 Å². The number of ether oxygens (including phenoxy) is 1. The summed E-state index contributed by atoms with van der Waals surface area (Å²) in [6.07, 6.45) is 0. The van der Waals surface area contributed by atoms with Crippen LogP contribution >= 0.6 is 11.3 Å². The third-order valence-corrected chi connectivity index (χ3v) is 5.88. The van der Waals surface area contributed by atoms with Crippen molar-refractivity contribution in [1.29, 1.82) is 0 Å². The summed E-state index contributed by atoms with van der Waals surface area (Å²) in [6, 6.07) is 6.33. The van der Waals surface area contributed by atoms with Gasteiger partial charge in [0.15, 0.2) is 0 Å². The van der Waals surface area contributed by atoms with Crippen molar-refractivity contribution < 1.29 is 13.9 Å². The van der Waals surface area contributed by atoms with E-state index < -0.39 is 5.97 Å². The highest BCUT2D eigenvalue weighted by molar-refractivity contribution is 7.20. The van der Waals surface area contributed by atoms with E-state index >= 15 is 0 Å². The van der Waals surface area contributed by atoms with E-state index in [0.29, 0.717) is 38.6 Å². The largest absolute Gasteiger partial charge is 0.462 e. The smallest absolute Gasteiger partial charge is 0.348 e. The minimum atomic E-state index is -0.450. The summed E-state index contributed by atoms with van der Waals surface area (Å²) in [5.74, 6) is -0.256. The molecule has 0 spiro atoms. The van der Waals surface area contributed by atoms with Crippen LogP contribution in [-0.4, -0.2) is 34.5 Å². The van der Waals surface area contributed by atoms with E-state index in [0.717, 1.165) is 11.3 Å². The minimum Gasteiger partial charge on any atom is -0.462 e. The molecule has 28 heavy (non-hydrogen) atoms. The lowest BCUT2D eigenvalue weighted by atomic mass is 10.1. The van der Waals surface area contributed by atoms with Crippen molar-refractivity contribution in [1.82, 2.24) is 14.9 Å². The molecule has 0 aliphatic rings. The third-order valence-electron chi connectivity index (χ3n) is 4.71. The normalized spacial score (nSPS) is 12.5. The first-order valence-corrected chi connectivity index (χ1v) is 9.79. The van der Waals surface area contributed by atoms with Gasteiger partial charge in [-0.05, 0) is 39.4 Å². The van der Waals surface area contributed by atoms with Gasteiger partial charge >= 0.3 is 5.97 Å². The molecule has 2 heterocycles. The standard InChI is InChI=1S/C20H22FN3O3S/c1-5-27-20(26)16-11(2)15-18(25)22-17(23-19(15)28-16)12(3)24(4)10-13-8-6-7-9-14(13)21/h6-9,12H,5,10H2,1-4H3,(H,22,23,25)/t12-/m0/s1. The van der Waals surface area contributed by atoms with Gasteiger partial charge in [0.25, 0.3) is 5.56 Å². The second-order valence-corrected chi connectivity index (χ2v) is 7.59. The Bertz CT molecular complexity index is 1080. The summed E-state index contributed by atoms with van der Waals surface area (Å²) >= 11 is 1.15. The van der Waals surface area contributed by atoms with Gasteiger partial charge in [-0.15, -0.1) is 11.3 Å². The molecule has 148 valence electrons. The zero-order valence-corrected chi connectivity index (χ0v) is 17.0. The molecule has 6 nitrogen and oxygen atoms in total. The molecular formula is C20H22FN3O3S. The van der Waals surface area contributed by atoms with E-state index in [1.807, 2.05) is 18.9 Å². The van der Waals surface area contributed by atoms with E-state index in [2.05, 4.69) is 9.97 Å². The van der Waals surface area contributed by atoms with E-state index in [-0.39, 0.29) is 24.0 Å². The van der Waals surface area contributed by atoms with Crippen LogP contribution in [0.15, 0.2) is 29.1 Å². The molecule has 0 aliphatic heterocycles. The number of thiophene rings is 1. The molecule has 0 bridgehead atoms. The number of carbonyl (C=O) groups is 1. The average Bonchev–Trinajstić information content (AvgIpc) is 3.00. The number of rotatable bonds is 6. The molecule has 0 radical (unpaired) electrons. The van der Waals surface area contributed by atoms with E-state index in [4.69, 9.17) is 4.74 Å². The lowest BCUT2D eigenvalue weighted by molar-refractivity contribution is 0.0531. The molecule has 0 amide bonds. The van der Waals surface area contributed by atoms with Crippen molar-refractivity contribution in [2.24, 2.45) is 0 Å². The molecular weight excluding hydrogens is 381 g/mol. The molecule has 1 aromatic carbocycles. The van der Waals surface area contributed by atoms with Gasteiger partial charge in [0, 0.05) is 12.1 Å². The second kappa shape index (κ2) is 8.20. The molecule has 0 fully saturated rings. The molecule has 0 unspecified atom stereocenters. The number of aromatic amines is 1. The molecule has 1 atom stereocenters. The Morgan fingerprint density at radius 2 is 2.11 bits per heavy atom. The summed E-state index contributed by atoms with van der Waals surface area (Å²) < 4.78 is 19.0. The molecule has 0 aliphatic carbocycles. The highest BCUT2D eigenvalue weighted by Crippen LogP contribution is 2.29. The number of carbonyl (C=O) groups excluding carboxylic acids is 1. The number of hydrogen-bond donors (Lipinski definition) is 1. The van der Waals surface area contributed by atoms with Gasteiger partial charge in [-0.25, -0.2) is 14.2 Å². The Balaban J connectivity index is 1.93. The highest BCUT2D eigenvalue weighted by Gasteiger charge is 2.22. The monoisotopic (exact) mass is 403 g/mol. The topological polar surface area (TPSA) is 75.3 Å². The number of esters is 1. The van der Waals surface area contributed by atoms with Crippen molar-refractivity contribution in [3.63, 3.8) is 0 Å². The Morgan fingerprint density at radius 1 is 1.39 bits per heavy atom. The van der Waals surface area contributed by atoms with Crippen molar-refractivity contribution in [3.05, 3.63) is 62.3 Å². The molecule has 3 rings (SSSR count). The predicted octanol–water partition coefficient (Wildman–Crippen LogP) is 3.80. The van der Waals surface area contributed by atoms with Gasteiger partial charge in [-0.1, -0.05) is 18.2 Å². The zero-order valence-electron chi connectivity index (χ0n) is 16.2. The second-order valence-electron chi connectivity index (χ2n) is 6.59. The number of hydrogen-bond acceptors (Lipinski definition) is 6. The van der Waals surface area contributed by atoms with Crippen molar-refractivity contribution in [3.8, 4) is 0 Å². The Morgan fingerprint density at radius 3 is 2.79 bits per heavy atom. The third kappa shape index (κ3) is 3.83. The molecule has 0 saturated carbocycles. The first-order valence-electron chi connectivity index (χ1n) is 8.97. The SMILES string of the molecule is CCOC(=O)c1sc2nc([C@H](C)N(C)Cc3ccccc3F)[nH]c(=O)c2c1C. The summed E-state index contributed by atoms with van der Waals surface area (Å²) in [4.78, 5) is 34.9. The van der Waals surface area contributed by atoms with Crippen LogP contribution < -0.4 is 5.56 Å². The number of nitrogens with one attached hydrogen (secondary N) is 1. The first kappa shape index (κ1) is 20.2. The van der Waals surface area contributed by atoms with Crippen LogP contribution in [0.25, 0.3) is 10.2 Å². The maximum atomic E-state index is 13.9. The Labute approximate surface area is 166 Å². The summed E-state index contributed by atoms with van der Waals surface area (Å²) in [6.45, 7) is 5.97. The molecule has 3 aromatic rings. The lowest BCUT2D eigenvalue weighted by Gasteiger charge is -2.24. The predicted molar refractivity (Wildman–Crippen MR) is 107 cm³/mol. The Kier molecular flexibility index (Phi) is 5.90. The van der Waals surface area contributed by atoms with Crippen molar-refractivity contribution in [2.45, 2.75) is 33.4 Å². The van der Waals surface area contributed by atoms with Crippen molar-refractivity contribution >= 4 is 27.5 Å². The maximum Gasteiger partial charge on any atom is 0.348 e. The Hall–Kier alpha value is -2.58. The summed E-state index contributed by atoms with van der Waals surface area (Å²) in [5.41, 5.74) is 0.846. The van der Waals surface area contributed by atoms with Crippen LogP contribution in [0.3, 0.4) is 0 Å². The van der Waals surface area contributed by atoms with Gasteiger partial charge in [-0.3, -0.25) is 9.69 Å². The van der Waals surface area contributed by atoms with E-state index in [1.165, 1.54) is 6.07 Å². The van der Waals surface area contributed by atoms with Crippen molar-refractivity contribution in [2.75, 3.05) is 13.7 Å². The van der Waals surface area contributed by atoms with Crippen LogP contribution in [0.4, 0.5) is 4.39 Å². The highest BCUT2D eigenvalue weighted by atomic mass is 32.1. The van der Waals surface area contributed by atoms with Crippen LogP contribution in [0.5, 0.6) is 0 Å². The molecule has 2 aromatic heterocycles. The number of aromatic nitrogens is 2. The van der Waals surface area contributed by atoms with Gasteiger partial charge in [0.2, 0.25) is 0 Å². The quantitative estimate of drug-likeness (QED) is 0.634. The molecule has 0 saturated heterocycles. The number of H-pyrrole nitrogens is 1. The summed E-state index contributed by atoms with van der Waals surface area (Å²) in [5, 5.41) is 0.403. The number of nitrogens with zero attached hydrogens (tertiary/aromatic N) is 2. The van der Waals surface area contributed by atoms with Crippen LogP contribution in [0.1, 0.15) is 46.5 Å². The summed E-state index contributed by atoms with van der Waals surface area (Å²) in [7, 11) is 1.84. The molecule has 8 heteroatoms. The zero-order chi connectivity index (χ0) is 20.4. The first-order chi connectivity index (χ1) is 13.3. The van der Waals surface area contributed by atoms with Crippen LogP contribution in [-0.2, 0) is 11.3 Å². The molecule has 1 N–H and O–H groups in total. The van der Waals surface area contributed by atoms with Gasteiger partial charge in [-0.2, -0.15) is 0 Å². The lowest BCUT2D eigenvalue weighted by Crippen LogP contribution is -2.26. The number of halogens is 1. The average molecular weight is 403 g/mol. The fraction of sp³-hybridized carbons (Fsp3) is 0.350. The number of benzene rings is 1. The fourth-order valence-electron chi connectivity index (χ4n) is 2.99. The van der Waals surface area contributed by atoms with Crippen LogP contribution in [0.2, 0.25) is 0 Å². The van der Waals surface area contributed by atoms with E-state index in [9.17, 15) is 14.0 Å². The maximum absolute atomic E-state index is 13.9. The van der Waals surface area contributed by atoms with Crippen LogP contribution in [0, 0.1) is 12.7 Å². The minimum absolute atomic E-state index is 0.259. The fourth-order valence-corrected chi connectivity index (χ4v) is 4.07. The van der Waals surface area contributed by atoms with Gasteiger partial charge in [0.05, 0.1) is 18.0 Å². The van der Waals surface area contributed by atoms with E-state index in [1.54, 1.807) is 32.0 Å².